The molecule has 0 amide bonds. The Morgan fingerprint density at radius 2 is 1.19 bits per heavy atom. The molecule has 0 atom stereocenters. The Morgan fingerprint density at radius 1 is 0.667 bits per heavy atom. The first-order valence-corrected chi connectivity index (χ1v) is 8.25. The molecule has 4 nitrogen and oxygen atoms in total. The van der Waals surface area contributed by atoms with Gasteiger partial charge in [-0.15, -0.1) is 0 Å². The number of carboxylic acids is 2. The molecule has 0 unspecified atom stereocenters. The van der Waals surface area contributed by atoms with Gasteiger partial charge in [-0.05, 0) is 41.2 Å². The van der Waals surface area contributed by atoms with Crippen molar-refractivity contribution >= 4 is 63.3 Å². The van der Waals surface area contributed by atoms with Crippen LogP contribution in [0.3, 0.4) is 0 Å². The minimum atomic E-state index is -1.23. The number of rotatable bonds is 6. The van der Waals surface area contributed by atoms with Crippen LogP contribution in [-0.4, -0.2) is 73.5 Å². The molecule has 3 rings (SSSR count). The maximum atomic E-state index is 11.9. The van der Waals surface area contributed by atoms with E-state index < -0.39 is 11.9 Å². The van der Waals surface area contributed by atoms with Crippen LogP contribution in [0.4, 0.5) is 0 Å². The van der Waals surface area contributed by atoms with E-state index in [1.54, 1.807) is 6.07 Å². The summed E-state index contributed by atoms with van der Waals surface area (Å²) in [4.78, 5) is 23.4. The summed E-state index contributed by atoms with van der Waals surface area (Å²) in [6, 6.07) is 22.3. The summed E-state index contributed by atoms with van der Waals surface area (Å²) in [5.74, 6) is -2.45. The topological polar surface area (TPSA) is 74.6 Å². The second kappa shape index (κ2) is 9.97. The van der Waals surface area contributed by atoms with Crippen LogP contribution >= 0.6 is 0 Å². The van der Waals surface area contributed by atoms with Crippen LogP contribution < -0.4 is 0 Å². The first-order valence-electron chi connectivity index (χ1n) is 8.25. The second-order valence-corrected chi connectivity index (χ2v) is 6.06. The van der Waals surface area contributed by atoms with Crippen molar-refractivity contribution in [2.45, 2.75) is 12.8 Å². The summed E-state index contributed by atoms with van der Waals surface area (Å²) in [6.07, 6.45) is 0.912. The van der Waals surface area contributed by atoms with Crippen molar-refractivity contribution in [3.05, 3.63) is 106 Å². The van der Waals surface area contributed by atoms with Crippen molar-refractivity contribution in [2.24, 2.45) is 0 Å². The third-order valence-corrected chi connectivity index (χ3v) is 4.32. The number of carbonyl (C=O) groups is 2. The molecule has 0 aromatic heterocycles. The molecule has 0 aliphatic carbocycles. The molecular formula is C22H18KO4. The molecule has 3 aromatic carbocycles. The van der Waals surface area contributed by atoms with E-state index in [4.69, 9.17) is 0 Å². The Morgan fingerprint density at radius 3 is 1.67 bits per heavy atom. The Balaban J connectivity index is 0.00000261. The predicted octanol–water partition coefficient (Wildman–Crippen LogP) is 3.88. The van der Waals surface area contributed by atoms with Gasteiger partial charge in [0, 0.05) is 51.4 Å². The Hall–Kier alpha value is -1.76. The van der Waals surface area contributed by atoms with E-state index in [-0.39, 0.29) is 62.5 Å². The third kappa shape index (κ3) is 5.37. The minimum absolute atomic E-state index is 0. The molecule has 0 heterocycles. The van der Waals surface area contributed by atoms with E-state index in [2.05, 4.69) is 0 Å². The van der Waals surface area contributed by atoms with Crippen LogP contribution in [0, 0.1) is 0 Å². The maximum absolute atomic E-state index is 11.9. The number of carboxylic acid groups (broad SMARTS) is 2. The summed E-state index contributed by atoms with van der Waals surface area (Å²) in [6.45, 7) is 0. The standard InChI is InChI=1S/C22H18O4.K/c23-21(24)18-12-11-17(13-15-7-3-1-4-8-15)19(20(18)22(25)26)14-16-9-5-2-6-10-16;/h1-12H,13-14H2,(H,23,24)(H,25,26);. The van der Waals surface area contributed by atoms with Crippen LogP contribution in [0.5, 0.6) is 0 Å². The summed E-state index contributed by atoms with van der Waals surface area (Å²) in [7, 11) is 0. The van der Waals surface area contributed by atoms with Gasteiger partial charge in [-0.3, -0.25) is 0 Å². The zero-order valence-electron chi connectivity index (χ0n) is 15.1. The zero-order valence-corrected chi connectivity index (χ0v) is 18.2. The fourth-order valence-corrected chi connectivity index (χ4v) is 3.10. The van der Waals surface area contributed by atoms with Crippen molar-refractivity contribution < 1.29 is 19.8 Å². The van der Waals surface area contributed by atoms with E-state index >= 15 is 0 Å². The van der Waals surface area contributed by atoms with Gasteiger partial charge in [0.2, 0.25) is 0 Å². The second-order valence-electron chi connectivity index (χ2n) is 6.06. The molecule has 1 radical (unpaired) electrons. The SMILES string of the molecule is O=C(O)c1ccc(Cc2ccccc2)c(Cc2ccccc2)c1C(=O)O.[K]. The largest absolute Gasteiger partial charge is 0.478 e. The average molecular weight is 385 g/mol. The molecule has 0 bridgehead atoms. The maximum Gasteiger partial charge on any atom is 0.336 e. The molecular weight excluding hydrogens is 367 g/mol. The molecule has 0 saturated carbocycles. The zero-order chi connectivity index (χ0) is 18.5. The number of benzene rings is 3. The average Bonchev–Trinajstić information content (AvgIpc) is 2.64. The molecule has 27 heavy (non-hydrogen) atoms. The summed E-state index contributed by atoms with van der Waals surface area (Å²) in [5, 5.41) is 19.1. The van der Waals surface area contributed by atoms with Crippen molar-refractivity contribution in [1.29, 1.82) is 0 Å². The number of hydrogen-bond donors (Lipinski definition) is 2. The molecule has 0 fully saturated rings. The van der Waals surface area contributed by atoms with Crippen LogP contribution in [0.15, 0.2) is 72.8 Å². The Kier molecular flexibility index (Phi) is 7.95. The van der Waals surface area contributed by atoms with E-state index in [1.165, 1.54) is 6.07 Å². The molecule has 5 heteroatoms. The van der Waals surface area contributed by atoms with E-state index in [0.29, 0.717) is 18.4 Å². The monoisotopic (exact) mass is 385 g/mol. The molecule has 0 aliphatic heterocycles. The Bertz CT molecular complexity index is 937. The molecule has 0 spiro atoms. The van der Waals surface area contributed by atoms with Crippen molar-refractivity contribution in [2.75, 3.05) is 0 Å². The van der Waals surface area contributed by atoms with Gasteiger partial charge in [-0.2, -0.15) is 0 Å². The van der Waals surface area contributed by atoms with Gasteiger partial charge in [0.15, 0.2) is 0 Å². The van der Waals surface area contributed by atoms with Crippen LogP contribution in [0.2, 0.25) is 0 Å². The van der Waals surface area contributed by atoms with Gasteiger partial charge in [0.05, 0.1) is 11.1 Å². The fourth-order valence-electron chi connectivity index (χ4n) is 3.10. The van der Waals surface area contributed by atoms with Gasteiger partial charge in [-0.1, -0.05) is 66.7 Å². The van der Waals surface area contributed by atoms with Crippen LogP contribution in [0.25, 0.3) is 0 Å². The summed E-state index contributed by atoms with van der Waals surface area (Å²) >= 11 is 0. The van der Waals surface area contributed by atoms with Gasteiger partial charge in [0.1, 0.15) is 0 Å². The van der Waals surface area contributed by atoms with E-state index in [9.17, 15) is 19.8 Å². The number of hydrogen-bond acceptors (Lipinski definition) is 2. The molecule has 0 aliphatic rings. The van der Waals surface area contributed by atoms with Crippen LogP contribution in [-0.2, 0) is 12.8 Å². The quantitative estimate of drug-likeness (QED) is 0.632. The Labute approximate surface area is 200 Å². The molecule has 3 aromatic rings. The first kappa shape index (κ1) is 21.5. The van der Waals surface area contributed by atoms with Crippen molar-refractivity contribution in [3.8, 4) is 0 Å². The van der Waals surface area contributed by atoms with Crippen molar-refractivity contribution in [1.82, 2.24) is 0 Å². The molecule has 2 N–H and O–H groups in total. The van der Waals surface area contributed by atoms with Crippen LogP contribution in [0.1, 0.15) is 43.0 Å². The predicted molar refractivity (Wildman–Crippen MR) is 105 cm³/mol. The van der Waals surface area contributed by atoms with Gasteiger partial charge >= 0.3 is 11.9 Å². The first-order chi connectivity index (χ1) is 12.6. The van der Waals surface area contributed by atoms with Gasteiger partial charge in [0.25, 0.3) is 0 Å². The number of aromatic carboxylic acids is 2. The van der Waals surface area contributed by atoms with Gasteiger partial charge in [-0.25, -0.2) is 9.59 Å². The van der Waals surface area contributed by atoms with E-state index in [1.807, 2.05) is 60.7 Å². The third-order valence-electron chi connectivity index (χ3n) is 4.32. The summed E-state index contributed by atoms with van der Waals surface area (Å²) in [5.41, 5.74) is 3.04. The fraction of sp³-hybridized carbons (Fsp3) is 0.0909. The van der Waals surface area contributed by atoms with Crippen molar-refractivity contribution in [3.63, 3.8) is 0 Å². The summed E-state index contributed by atoms with van der Waals surface area (Å²) < 4.78 is 0. The van der Waals surface area contributed by atoms with E-state index in [0.717, 1.165) is 16.7 Å². The normalized spacial score (nSPS) is 10.1. The minimum Gasteiger partial charge on any atom is -0.478 e. The molecule has 131 valence electrons. The van der Waals surface area contributed by atoms with Gasteiger partial charge < -0.3 is 10.2 Å². The smallest absolute Gasteiger partial charge is 0.336 e. The molecule has 0 saturated heterocycles.